The third-order valence-electron chi connectivity index (χ3n) is 4.74. The zero-order chi connectivity index (χ0) is 18.6. The number of carbonyl (C=O) groups excluding carboxylic acids is 1. The van der Waals surface area contributed by atoms with E-state index in [9.17, 15) is 14.0 Å². The number of hydrogen-bond acceptors (Lipinski definition) is 3. The molecule has 2 amide bonds. The van der Waals surface area contributed by atoms with Gasteiger partial charge in [-0.15, -0.1) is 0 Å². The van der Waals surface area contributed by atoms with Crippen LogP contribution in [0.5, 0.6) is 0 Å². The van der Waals surface area contributed by atoms with E-state index in [0.717, 1.165) is 18.4 Å². The molecule has 1 aromatic carbocycles. The zero-order valence-corrected chi connectivity index (χ0v) is 14.9. The van der Waals surface area contributed by atoms with Crippen molar-refractivity contribution in [2.45, 2.75) is 51.7 Å². The smallest absolute Gasteiger partial charge is 0.317 e. The van der Waals surface area contributed by atoms with Crippen LogP contribution in [0.25, 0.3) is 0 Å². The Morgan fingerprint density at radius 1 is 1.40 bits per heavy atom. The molecule has 1 fully saturated rings. The van der Waals surface area contributed by atoms with E-state index in [0.29, 0.717) is 12.1 Å². The average Bonchev–Trinajstić information content (AvgIpc) is 2.50. The summed E-state index contributed by atoms with van der Waals surface area (Å²) in [6, 6.07) is 4.55. The molecule has 1 aliphatic rings. The number of nitrogens with zero attached hydrogens (tertiary/aromatic N) is 1. The second-order valence-electron chi connectivity index (χ2n) is 6.63. The third-order valence-corrected chi connectivity index (χ3v) is 4.74. The van der Waals surface area contributed by atoms with Gasteiger partial charge in [-0.2, -0.15) is 0 Å². The summed E-state index contributed by atoms with van der Waals surface area (Å²) in [5.74, 6) is -1.10. The number of nitrogens with one attached hydrogen (secondary N) is 2. The van der Waals surface area contributed by atoms with Crippen molar-refractivity contribution >= 4 is 12.0 Å². The number of carbonyl (C=O) groups is 2. The van der Waals surface area contributed by atoms with E-state index >= 15 is 0 Å². The quantitative estimate of drug-likeness (QED) is 0.705. The van der Waals surface area contributed by atoms with Gasteiger partial charge in [0.15, 0.2) is 0 Å². The maximum atomic E-state index is 13.3. The minimum Gasteiger partial charge on any atom is -0.480 e. The maximum absolute atomic E-state index is 13.3. The van der Waals surface area contributed by atoms with Gasteiger partial charge >= 0.3 is 12.0 Å². The highest BCUT2D eigenvalue weighted by Crippen LogP contribution is 2.25. The van der Waals surface area contributed by atoms with Gasteiger partial charge in [-0.3, -0.25) is 9.69 Å². The SMILES string of the molecule is CCN(CC(=O)O)C1CC(NC(=O)N[C@H](C)c2ccc(F)c(C)c2)C1. The van der Waals surface area contributed by atoms with Crippen LogP contribution in [0, 0.1) is 12.7 Å². The van der Waals surface area contributed by atoms with Crippen molar-refractivity contribution in [1.82, 2.24) is 15.5 Å². The first kappa shape index (κ1) is 19.2. The Morgan fingerprint density at radius 3 is 2.64 bits per heavy atom. The highest BCUT2D eigenvalue weighted by atomic mass is 19.1. The van der Waals surface area contributed by atoms with E-state index in [4.69, 9.17) is 5.11 Å². The van der Waals surface area contributed by atoms with Gasteiger partial charge in [-0.1, -0.05) is 19.1 Å². The molecule has 3 N–H and O–H groups in total. The minimum atomic E-state index is -0.834. The maximum Gasteiger partial charge on any atom is 0.317 e. The van der Waals surface area contributed by atoms with Gasteiger partial charge < -0.3 is 15.7 Å². The number of carboxylic acid groups (broad SMARTS) is 1. The normalized spacial score (nSPS) is 20.7. The van der Waals surface area contributed by atoms with E-state index in [1.807, 2.05) is 18.7 Å². The van der Waals surface area contributed by atoms with Crippen molar-refractivity contribution in [2.75, 3.05) is 13.1 Å². The van der Waals surface area contributed by atoms with Gasteiger partial charge in [0.25, 0.3) is 0 Å². The van der Waals surface area contributed by atoms with Gasteiger partial charge in [0.1, 0.15) is 5.82 Å². The Hall–Kier alpha value is -2.15. The number of amides is 2. The second kappa shape index (κ2) is 8.29. The van der Waals surface area contributed by atoms with Gasteiger partial charge in [0.05, 0.1) is 12.6 Å². The summed E-state index contributed by atoms with van der Waals surface area (Å²) < 4.78 is 13.3. The number of likely N-dealkylation sites (N-methyl/N-ethyl adjacent to an activating group) is 1. The van der Waals surface area contributed by atoms with Crippen LogP contribution < -0.4 is 10.6 Å². The van der Waals surface area contributed by atoms with Gasteiger partial charge in [-0.25, -0.2) is 9.18 Å². The molecule has 0 aromatic heterocycles. The fourth-order valence-electron chi connectivity index (χ4n) is 3.12. The second-order valence-corrected chi connectivity index (χ2v) is 6.63. The van der Waals surface area contributed by atoms with Crippen LogP contribution >= 0.6 is 0 Å². The van der Waals surface area contributed by atoms with E-state index in [-0.39, 0.29) is 36.5 Å². The van der Waals surface area contributed by atoms with Crippen molar-refractivity contribution in [3.8, 4) is 0 Å². The Bertz CT molecular complexity index is 632. The van der Waals surface area contributed by atoms with E-state index < -0.39 is 5.97 Å². The highest BCUT2D eigenvalue weighted by molar-refractivity contribution is 5.75. The summed E-state index contributed by atoms with van der Waals surface area (Å²) in [5.41, 5.74) is 1.39. The summed E-state index contributed by atoms with van der Waals surface area (Å²) in [6.07, 6.45) is 1.50. The van der Waals surface area contributed by atoms with E-state index in [2.05, 4.69) is 10.6 Å². The lowest BCUT2D eigenvalue weighted by molar-refractivity contribution is -0.139. The van der Waals surface area contributed by atoms with Crippen LogP contribution in [-0.2, 0) is 4.79 Å². The van der Waals surface area contributed by atoms with Crippen molar-refractivity contribution in [3.05, 3.63) is 35.1 Å². The molecule has 1 aromatic rings. The lowest BCUT2D eigenvalue weighted by atomic mass is 9.85. The molecule has 1 atom stereocenters. The van der Waals surface area contributed by atoms with Crippen LogP contribution in [-0.4, -0.2) is 47.2 Å². The molecule has 1 saturated carbocycles. The molecule has 0 unspecified atom stereocenters. The first-order valence-electron chi connectivity index (χ1n) is 8.59. The lowest BCUT2D eigenvalue weighted by Crippen LogP contribution is -2.56. The first-order chi connectivity index (χ1) is 11.8. The Kier molecular flexibility index (Phi) is 6.36. The van der Waals surface area contributed by atoms with Gasteiger partial charge in [-0.05, 0) is 50.4 Å². The lowest BCUT2D eigenvalue weighted by Gasteiger charge is -2.42. The Labute approximate surface area is 147 Å². The van der Waals surface area contributed by atoms with Crippen LogP contribution in [0.1, 0.15) is 43.9 Å². The molecule has 0 bridgehead atoms. The summed E-state index contributed by atoms with van der Waals surface area (Å²) >= 11 is 0. The molecule has 1 aliphatic carbocycles. The number of hydrogen-bond donors (Lipinski definition) is 3. The first-order valence-corrected chi connectivity index (χ1v) is 8.59. The fourth-order valence-corrected chi connectivity index (χ4v) is 3.12. The Morgan fingerprint density at radius 2 is 2.08 bits per heavy atom. The number of aryl methyl sites for hydroxylation is 1. The van der Waals surface area contributed by atoms with Gasteiger partial charge in [0, 0.05) is 12.1 Å². The molecule has 0 heterocycles. The predicted octanol–water partition coefficient (Wildman–Crippen LogP) is 2.43. The average molecular weight is 351 g/mol. The molecule has 7 heteroatoms. The van der Waals surface area contributed by atoms with Crippen LogP contribution in [0.4, 0.5) is 9.18 Å². The number of halogens is 1. The van der Waals surface area contributed by atoms with Crippen LogP contribution in [0.3, 0.4) is 0 Å². The zero-order valence-electron chi connectivity index (χ0n) is 14.9. The van der Waals surface area contributed by atoms with Crippen molar-refractivity contribution < 1.29 is 19.1 Å². The van der Waals surface area contributed by atoms with E-state index in [1.54, 1.807) is 19.1 Å². The standard InChI is InChI=1S/C18H26FN3O3/c1-4-22(10-17(23)24)15-8-14(9-15)21-18(25)20-12(3)13-5-6-16(19)11(2)7-13/h5-7,12,14-15H,4,8-10H2,1-3H3,(H,23,24)(H2,20,21,25)/t12-,14?,15?/m1/s1. The molecule has 138 valence electrons. The van der Waals surface area contributed by atoms with Crippen molar-refractivity contribution in [1.29, 1.82) is 0 Å². The summed E-state index contributed by atoms with van der Waals surface area (Å²) in [6.45, 7) is 6.18. The largest absolute Gasteiger partial charge is 0.480 e. The fraction of sp³-hybridized carbons (Fsp3) is 0.556. The molecule has 0 radical (unpaired) electrons. The van der Waals surface area contributed by atoms with Crippen LogP contribution in [0.2, 0.25) is 0 Å². The number of carboxylic acids is 1. The molecular weight excluding hydrogens is 325 g/mol. The Balaban J connectivity index is 1.78. The molecular formula is C18H26FN3O3. The number of benzene rings is 1. The molecule has 0 aliphatic heterocycles. The predicted molar refractivity (Wildman–Crippen MR) is 92.9 cm³/mol. The molecule has 0 saturated heterocycles. The molecule has 25 heavy (non-hydrogen) atoms. The number of rotatable bonds is 7. The summed E-state index contributed by atoms with van der Waals surface area (Å²) in [4.78, 5) is 24.8. The highest BCUT2D eigenvalue weighted by Gasteiger charge is 2.34. The van der Waals surface area contributed by atoms with Gasteiger partial charge in [0.2, 0.25) is 0 Å². The minimum absolute atomic E-state index is 0.0288. The summed E-state index contributed by atoms with van der Waals surface area (Å²) in [7, 11) is 0. The van der Waals surface area contributed by atoms with Crippen molar-refractivity contribution in [2.24, 2.45) is 0 Å². The van der Waals surface area contributed by atoms with Crippen molar-refractivity contribution in [3.63, 3.8) is 0 Å². The number of aliphatic carboxylic acids is 1. The topological polar surface area (TPSA) is 81.7 Å². The van der Waals surface area contributed by atoms with E-state index in [1.165, 1.54) is 6.07 Å². The number of urea groups is 1. The molecule has 0 spiro atoms. The third kappa shape index (κ3) is 5.16. The van der Waals surface area contributed by atoms with Crippen LogP contribution in [0.15, 0.2) is 18.2 Å². The molecule has 2 rings (SSSR count). The monoisotopic (exact) mass is 351 g/mol. The summed E-state index contributed by atoms with van der Waals surface area (Å²) in [5, 5.41) is 14.7. The molecule has 6 nitrogen and oxygen atoms in total.